The number of aromatic nitrogens is 1. The summed E-state index contributed by atoms with van der Waals surface area (Å²) >= 11 is 0. The molecule has 0 aliphatic carbocycles. The highest BCUT2D eigenvalue weighted by Gasteiger charge is 2.11. The Labute approximate surface area is 68.6 Å². The minimum absolute atomic E-state index is 0.00866. The minimum Gasteiger partial charge on any atom is -0.504 e. The van der Waals surface area contributed by atoms with Crippen LogP contribution in [0.15, 0.2) is 0 Å². The third-order valence-corrected chi connectivity index (χ3v) is 1.50. The van der Waals surface area contributed by atoms with E-state index in [2.05, 4.69) is 4.98 Å². The van der Waals surface area contributed by atoms with Crippen LogP contribution in [0.1, 0.15) is 5.69 Å². The summed E-state index contributed by atoms with van der Waals surface area (Å²) in [5.74, 6) is -0.307. The Bertz CT molecular complexity index is 313. The summed E-state index contributed by atoms with van der Waals surface area (Å²) in [5, 5.41) is 17.9. The number of hydrogen-bond acceptors (Lipinski definition) is 6. The van der Waals surface area contributed by atoms with Crippen LogP contribution in [-0.4, -0.2) is 15.2 Å². The Morgan fingerprint density at radius 3 is 2.25 bits per heavy atom. The monoisotopic (exact) mass is 170 g/mol. The largest absolute Gasteiger partial charge is 0.504 e. The van der Waals surface area contributed by atoms with E-state index in [1.807, 2.05) is 0 Å². The van der Waals surface area contributed by atoms with Gasteiger partial charge in [0.05, 0.1) is 6.61 Å². The lowest BCUT2D eigenvalue weighted by atomic mass is 10.2. The van der Waals surface area contributed by atoms with Crippen LogP contribution in [0.25, 0.3) is 0 Å². The highest BCUT2D eigenvalue weighted by atomic mass is 16.3. The fourth-order valence-corrected chi connectivity index (χ4v) is 0.790. The van der Waals surface area contributed by atoms with Gasteiger partial charge >= 0.3 is 0 Å². The van der Waals surface area contributed by atoms with Crippen LogP contribution in [-0.2, 0) is 6.61 Å². The molecule has 0 atom stereocenters. The van der Waals surface area contributed by atoms with E-state index in [0.29, 0.717) is 0 Å². The van der Waals surface area contributed by atoms with Crippen molar-refractivity contribution in [1.82, 2.24) is 4.98 Å². The van der Waals surface area contributed by atoms with Crippen LogP contribution in [0.5, 0.6) is 5.75 Å². The summed E-state index contributed by atoms with van der Waals surface area (Å²) in [6, 6.07) is 0. The maximum Gasteiger partial charge on any atom is 0.164 e. The van der Waals surface area contributed by atoms with Crippen molar-refractivity contribution in [1.29, 1.82) is 0 Å². The molecule has 1 aromatic heterocycles. The fourth-order valence-electron chi connectivity index (χ4n) is 0.790. The van der Waals surface area contributed by atoms with Crippen LogP contribution < -0.4 is 17.2 Å². The van der Waals surface area contributed by atoms with Crippen molar-refractivity contribution < 1.29 is 10.2 Å². The van der Waals surface area contributed by atoms with Crippen molar-refractivity contribution in [3.63, 3.8) is 0 Å². The molecule has 8 N–H and O–H groups in total. The second-order valence-corrected chi connectivity index (χ2v) is 2.28. The quantitative estimate of drug-likeness (QED) is 0.368. The van der Waals surface area contributed by atoms with Gasteiger partial charge in [0, 0.05) is 0 Å². The Hall–Kier alpha value is -1.69. The molecule has 6 nitrogen and oxygen atoms in total. The molecular formula is C6H10N4O2. The van der Waals surface area contributed by atoms with Crippen LogP contribution in [0.4, 0.5) is 17.2 Å². The van der Waals surface area contributed by atoms with E-state index >= 15 is 0 Å². The maximum atomic E-state index is 9.22. The smallest absolute Gasteiger partial charge is 0.164 e. The Kier molecular flexibility index (Phi) is 1.92. The lowest BCUT2D eigenvalue weighted by Gasteiger charge is -2.08. The lowest BCUT2D eigenvalue weighted by Crippen LogP contribution is -2.05. The van der Waals surface area contributed by atoms with Crippen molar-refractivity contribution in [3.8, 4) is 5.75 Å². The van der Waals surface area contributed by atoms with Crippen LogP contribution in [0.2, 0.25) is 0 Å². The van der Waals surface area contributed by atoms with Gasteiger partial charge in [-0.15, -0.1) is 0 Å². The maximum absolute atomic E-state index is 9.22. The first kappa shape index (κ1) is 8.41. The number of rotatable bonds is 1. The van der Waals surface area contributed by atoms with Gasteiger partial charge in [-0.1, -0.05) is 0 Å². The number of aliphatic hydroxyl groups is 1. The molecule has 0 unspecified atom stereocenters. The third-order valence-electron chi connectivity index (χ3n) is 1.50. The molecule has 0 aromatic carbocycles. The van der Waals surface area contributed by atoms with Gasteiger partial charge in [0.2, 0.25) is 0 Å². The molecule has 0 bridgehead atoms. The number of aliphatic hydroxyl groups excluding tert-OH is 1. The minimum atomic E-state index is -0.430. The molecule has 6 heteroatoms. The summed E-state index contributed by atoms with van der Waals surface area (Å²) in [4.78, 5) is 3.62. The number of nitrogen functional groups attached to an aromatic ring is 3. The van der Waals surface area contributed by atoms with E-state index < -0.39 is 6.61 Å². The van der Waals surface area contributed by atoms with Gasteiger partial charge in [-0.05, 0) is 0 Å². The molecule has 0 fully saturated rings. The molecule has 1 rings (SSSR count). The fraction of sp³-hybridized carbons (Fsp3) is 0.167. The number of pyridine rings is 1. The number of anilines is 3. The van der Waals surface area contributed by atoms with Crippen molar-refractivity contribution in [3.05, 3.63) is 5.69 Å². The highest BCUT2D eigenvalue weighted by molar-refractivity contribution is 5.79. The summed E-state index contributed by atoms with van der Waals surface area (Å²) in [5.41, 5.74) is 16.0. The molecule has 0 saturated carbocycles. The molecule has 0 aliphatic rings. The SMILES string of the molecule is Nc1nc(CO)c(O)c(N)c1N. The second-order valence-electron chi connectivity index (χ2n) is 2.28. The topological polar surface area (TPSA) is 131 Å². The summed E-state index contributed by atoms with van der Waals surface area (Å²) in [6.07, 6.45) is 0. The first-order chi connectivity index (χ1) is 5.57. The molecule has 0 aliphatic heterocycles. The molecule has 0 saturated heterocycles. The first-order valence-corrected chi connectivity index (χ1v) is 3.21. The van der Waals surface area contributed by atoms with Crippen molar-refractivity contribution in [2.24, 2.45) is 0 Å². The number of hydrogen-bond donors (Lipinski definition) is 5. The van der Waals surface area contributed by atoms with Gasteiger partial charge in [0.1, 0.15) is 22.9 Å². The predicted molar refractivity (Wildman–Crippen MR) is 45.1 cm³/mol. The Balaban J connectivity index is 3.39. The van der Waals surface area contributed by atoms with Crippen molar-refractivity contribution in [2.45, 2.75) is 6.61 Å². The number of aromatic hydroxyl groups is 1. The summed E-state index contributed by atoms with van der Waals surface area (Å²) in [6.45, 7) is -0.430. The van der Waals surface area contributed by atoms with E-state index in [1.54, 1.807) is 0 Å². The highest BCUT2D eigenvalue weighted by Crippen LogP contribution is 2.32. The van der Waals surface area contributed by atoms with E-state index in [9.17, 15) is 5.11 Å². The van der Waals surface area contributed by atoms with Crippen LogP contribution in [0.3, 0.4) is 0 Å². The Morgan fingerprint density at radius 1 is 1.17 bits per heavy atom. The third kappa shape index (κ3) is 1.08. The average molecular weight is 170 g/mol. The van der Waals surface area contributed by atoms with E-state index in [4.69, 9.17) is 22.3 Å². The van der Waals surface area contributed by atoms with E-state index in [0.717, 1.165) is 0 Å². The molecule has 1 aromatic rings. The molecule has 66 valence electrons. The normalized spacial score (nSPS) is 10.1. The second kappa shape index (κ2) is 2.74. The van der Waals surface area contributed by atoms with Gasteiger partial charge in [-0.2, -0.15) is 0 Å². The van der Waals surface area contributed by atoms with Gasteiger partial charge in [0.25, 0.3) is 0 Å². The molecule has 12 heavy (non-hydrogen) atoms. The standard InChI is InChI=1S/C6H10N4O2/c7-3-4(8)6(9)10-2(1-11)5(3)12/h11-12H,1,8H2,(H4,7,9,10). The van der Waals surface area contributed by atoms with Gasteiger partial charge in [-0.3, -0.25) is 0 Å². The van der Waals surface area contributed by atoms with Crippen LogP contribution in [0, 0.1) is 0 Å². The van der Waals surface area contributed by atoms with Crippen molar-refractivity contribution >= 4 is 17.2 Å². The molecule has 1 heterocycles. The molecule has 0 spiro atoms. The molecule has 0 radical (unpaired) electrons. The van der Waals surface area contributed by atoms with Gasteiger partial charge in [-0.25, -0.2) is 4.98 Å². The predicted octanol–water partition coefficient (Wildman–Crippen LogP) is -0.974. The average Bonchev–Trinajstić information content (AvgIpc) is 2.08. The summed E-state index contributed by atoms with van der Waals surface area (Å²) in [7, 11) is 0. The molecule has 0 amide bonds. The lowest BCUT2D eigenvalue weighted by molar-refractivity contribution is 0.270. The zero-order chi connectivity index (χ0) is 9.30. The molecular weight excluding hydrogens is 160 g/mol. The number of nitrogens with zero attached hydrogens (tertiary/aromatic N) is 1. The van der Waals surface area contributed by atoms with Gasteiger partial charge in [0.15, 0.2) is 5.75 Å². The zero-order valence-corrected chi connectivity index (χ0v) is 6.28. The Morgan fingerprint density at radius 2 is 1.75 bits per heavy atom. The van der Waals surface area contributed by atoms with Crippen LogP contribution >= 0.6 is 0 Å². The number of nitrogens with two attached hydrogens (primary N) is 3. The van der Waals surface area contributed by atoms with Crippen molar-refractivity contribution in [2.75, 3.05) is 17.2 Å². The van der Waals surface area contributed by atoms with Gasteiger partial charge < -0.3 is 27.4 Å². The summed E-state index contributed by atoms with van der Waals surface area (Å²) < 4.78 is 0. The van der Waals surface area contributed by atoms with E-state index in [1.165, 1.54) is 0 Å². The van der Waals surface area contributed by atoms with E-state index in [-0.39, 0.29) is 28.6 Å². The zero-order valence-electron chi connectivity index (χ0n) is 6.28. The first-order valence-electron chi connectivity index (χ1n) is 3.21.